The van der Waals surface area contributed by atoms with Crippen LogP contribution in [0.3, 0.4) is 0 Å². The Balaban J connectivity index is 2.67. The van der Waals surface area contributed by atoms with Crippen molar-refractivity contribution < 1.29 is 18.6 Å². The highest BCUT2D eigenvalue weighted by Gasteiger charge is 2.21. The maximum absolute atomic E-state index is 12.4. The van der Waals surface area contributed by atoms with Crippen molar-refractivity contribution in [2.75, 3.05) is 0 Å². The zero-order chi connectivity index (χ0) is 14.2. The Labute approximate surface area is 111 Å². The van der Waals surface area contributed by atoms with Gasteiger partial charge in [0.2, 0.25) is 9.84 Å². The van der Waals surface area contributed by atoms with Gasteiger partial charge >= 0.3 is 0 Å². The van der Waals surface area contributed by atoms with Gasteiger partial charge in [0.05, 0.1) is 9.79 Å². The van der Waals surface area contributed by atoms with Crippen molar-refractivity contribution in [1.29, 1.82) is 0 Å². The third kappa shape index (κ3) is 2.42. The number of aromatic hydroxyl groups is 2. The van der Waals surface area contributed by atoms with Gasteiger partial charge in [-0.1, -0.05) is 12.1 Å². The first-order chi connectivity index (χ1) is 8.82. The highest BCUT2D eigenvalue weighted by molar-refractivity contribution is 7.91. The molecule has 0 aromatic heterocycles. The molecule has 0 bridgehead atoms. The first-order valence-electron chi connectivity index (χ1n) is 5.66. The van der Waals surface area contributed by atoms with Gasteiger partial charge in [-0.25, -0.2) is 8.42 Å². The molecule has 2 N–H and O–H groups in total. The molecule has 2 aromatic rings. The van der Waals surface area contributed by atoms with E-state index in [1.54, 1.807) is 19.9 Å². The molecule has 2 rings (SSSR count). The van der Waals surface area contributed by atoms with E-state index < -0.39 is 9.84 Å². The molecule has 0 aliphatic heterocycles. The normalized spacial score (nSPS) is 11.5. The van der Waals surface area contributed by atoms with Gasteiger partial charge in [-0.3, -0.25) is 0 Å². The third-order valence-electron chi connectivity index (χ3n) is 2.91. The Kier molecular flexibility index (Phi) is 3.24. The van der Waals surface area contributed by atoms with Crippen LogP contribution in [0.4, 0.5) is 0 Å². The Morgan fingerprint density at radius 3 is 2.26 bits per heavy atom. The second-order valence-corrected chi connectivity index (χ2v) is 6.32. The number of rotatable bonds is 2. The second kappa shape index (κ2) is 4.59. The molecule has 0 fully saturated rings. The summed E-state index contributed by atoms with van der Waals surface area (Å²) in [4.78, 5) is 0.0417. The number of phenolic OH excluding ortho intramolecular Hbond substituents is 2. The molecule has 0 aliphatic rings. The molecular weight excluding hydrogens is 264 g/mol. The van der Waals surface area contributed by atoms with Crippen LogP contribution < -0.4 is 0 Å². The molecule has 0 saturated heterocycles. The van der Waals surface area contributed by atoms with E-state index >= 15 is 0 Å². The zero-order valence-corrected chi connectivity index (χ0v) is 11.4. The first-order valence-corrected chi connectivity index (χ1v) is 7.15. The lowest BCUT2D eigenvalue weighted by Gasteiger charge is -2.10. The largest absolute Gasteiger partial charge is 0.508 e. The maximum Gasteiger partial charge on any atom is 0.207 e. The zero-order valence-electron chi connectivity index (χ0n) is 10.6. The van der Waals surface area contributed by atoms with Crippen molar-refractivity contribution >= 4 is 9.84 Å². The van der Waals surface area contributed by atoms with E-state index in [0.29, 0.717) is 11.1 Å². The molecule has 0 heterocycles. The Morgan fingerprint density at radius 1 is 0.947 bits per heavy atom. The summed E-state index contributed by atoms with van der Waals surface area (Å²) in [5, 5.41) is 19.1. The van der Waals surface area contributed by atoms with Gasteiger partial charge in [0.1, 0.15) is 11.5 Å². The van der Waals surface area contributed by atoms with Gasteiger partial charge in [-0.05, 0) is 49.2 Å². The highest BCUT2D eigenvalue weighted by Crippen LogP contribution is 2.30. The van der Waals surface area contributed by atoms with Gasteiger partial charge < -0.3 is 10.2 Å². The molecule has 100 valence electrons. The van der Waals surface area contributed by atoms with Crippen LogP contribution in [0.1, 0.15) is 11.1 Å². The fourth-order valence-corrected chi connectivity index (χ4v) is 3.43. The quantitative estimate of drug-likeness (QED) is 0.885. The van der Waals surface area contributed by atoms with E-state index in [9.17, 15) is 18.6 Å². The predicted molar refractivity (Wildman–Crippen MR) is 71.1 cm³/mol. The molecule has 4 nitrogen and oxygen atoms in total. The summed E-state index contributed by atoms with van der Waals surface area (Å²) in [6.45, 7) is 3.37. The standard InChI is InChI=1S/C14H14O4S/c1-9-6-10(2)14(8-13(9)16)19(17,18)12-5-3-4-11(15)7-12/h3-8,15-16H,1-2H3. The third-order valence-corrected chi connectivity index (χ3v) is 4.80. The summed E-state index contributed by atoms with van der Waals surface area (Å²) >= 11 is 0. The van der Waals surface area contributed by atoms with E-state index in [1.165, 1.54) is 30.3 Å². The molecule has 0 aliphatic carbocycles. The number of aryl methyl sites for hydroxylation is 2. The van der Waals surface area contributed by atoms with Crippen LogP contribution in [-0.4, -0.2) is 18.6 Å². The summed E-state index contributed by atoms with van der Waals surface area (Å²) in [7, 11) is -3.75. The summed E-state index contributed by atoms with van der Waals surface area (Å²) in [6.07, 6.45) is 0. The number of sulfone groups is 1. The number of phenols is 2. The topological polar surface area (TPSA) is 74.6 Å². The fourth-order valence-electron chi connectivity index (χ4n) is 1.89. The van der Waals surface area contributed by atoms with Gasteiger partial charge in [0.25, 0.3) is 0 Å². The highest BCUT2D eigenvalue weighted by atomic mass is 32.2. The summed E-state index contributed by atoms with van der Waals surface area (Å²) < 4.78 is 24.9. The number of hydrogen-bond acceptors (Lipinski definition) is 4. The predicted octanol–water partition coefficient (Wildman–Crippen LogP) is 2.55. The average molecular weight is 278 g/mol. The Morgan fingerprint density at radius 2 is 1.63 bits per heavy atom. The van der Waals surface area contributed by atoms with Crippen LogP contribution in [0.15, 0.2) is 46.2 Å². The molecule has 0 radical (unpaired) electrons. The van der Waals surface area contributed by atoms with Crippen molar-refractivity contribution in [3.05, 3.63) is 47.5 Å². The summed E-state index contributed by atoms with van der Waals surface area (Å²) in [5.74, 6) is -0.181. The van der Waals surface area contributed by atoms with E-state index in [4.69, 9.17) is 0 Å². The van der Waals surface area contributed by atoms with Crippen LogP contribution in [-0.2, 0) is 9.84 Å². The first kappa shape index (κ1) is 13.4. The molecule has 0 saturated carbocycles. The van der Waals surface area contributed by atoms with Gasteiger partial charge in [0.15, 0.2) is 0 Å². The molecule has 2 aromatic carbocycles. The van der Waals surface area contributed by atoms with Crippen molar-refractivity contribution in [3.8, 4) is 11.5 Å². The average Bonchev–Trinajstić information content (AvgIpc) is 2.33. The van der Waals surface area contributed by atoms with E-state index in [0.717, 1.165) is 0 Å². The fraction of sp³-hybridized carbons (Fsp3) is 0.143. The van der Waals surface area contributed by atoms with Crippen LogP contribution in [0.2, 0.25) is 0 Å². The lowest BCUT2D eigenvalue weighted by atomic mass is 10.1. The molecule has 0 spiro atoms. The van der Waals surface area contributed by atoms with Gasteiger partial charge in [-0.2, -0.15) is 0 Å². The number of benzene rings is 2. The molecule has 0 unspecified atom stereocenters. The SMILES string of the molecule is Cc1cc(C)c(S(=O)(=O)c2cccc(O)c2)cc1O. The minimum atomic E-state index is -3.75. The summed E-state index contributed by atoms with van der Waals surface area (Å²) in [6, 6.07) is 8.32. The number of hydrogen-bond donors (Lipinski definition) is 2. The van der Waals surface area contributed by atoms with Crippen molar-refractivity contribution in [2.45, 2.75) is 23.6 Å². The molecule has 5 heteroatoms. The minimum absolute atomic E-state index is 0.00106. The minimum Gasteiger partial charge on any atom is -0.508 e. The molecule has 19 heavy (non-hydrogen) atoms. The van der Waals surface area contributed by atoms with Crippen LogP contribution in [0.5, 0.6) is 11.5 Å². The van der Waals surface area contributed by atoms with Crippen LogP contribution >= 0.6 is 0 Å². The smallest absolute Gasteiger partial charge is 0.207 e. The lowest BCUT2D eigenvalue weighted by molar-refractivity contribution is 0.468. The van der Waals surface area contributed by atoms with Crippen LogP contribution in [0, 0.1) is 13.8 Å². The molecule has 0 atom stereocenters. The van der Waals surface area contributed by atoms with Crippen molar-refractivity contribution in [3.63, 3.8) is 0 Å². The van der Waals surface area contributed by atoms with Crippen molar-refractivity contribution in [2.24, 2.45) is 0 Å². The summed E-state index contributed by atoms with van der Waals surface area (Å²) in [5.41, 5.74) is 1.17. The van der Waals surface area contributed by atoms with Crippen molar-refractivity contribution in [1.82, 2.24) is 0 Å². The second-order valence-electron chi connectivity index (χ2n) is 4.40. The van der Waals surface area contributed by atoms with Gasteiger partial charge in [-0.15, -0.1) is 0 Å². The Hall–Kier alpha value is -2.01. The van der Waals surface area contributed by atoms with Gasteiger partial charge in [0, 0.05) is 0 Å². The molecule has 0 amide bonds. The lowest BCUT2D eigenvalue weighted by Crippen LogP contribution is -2.04. The van der Waals surface area contributed by atoms with E-state index in [2.05, 4.69) is 0 Å². The van der Waals surface area contributed by atoms with Crippen LogP contribution in [0.25, 0.3) is 0 Å². The monoisotopic (exact) mass is 278 g/mol. The molecular formula is C14H14O4S. The maximum atomic E-state index is 12.4. The van der Waals surface area contributed by atoms with E-state index in [1.807, 2.05) is 0 Å². The van der Waals surface area contributed by atoms with E-state index in [-0.39, 0.29) is 21.3 Å². The Bertz CT molecular complexity index is 733.